The van der Waals surface area contributed by atoms with E-state index in [1.54, 1.807) is 38.1 Å². The third kappa shape index (κ3) is 5.55. The van der Waals surface area contributed by atoms with Crippen LogP contribution >= 0.6 is 0 Å². The number of rotatable bonds is 8. The van der Waals surface area contributed by atoms with Gasteiger partial charge in [0.05, 0.1) is 25.1 Å². The first kappa shape index (κ1) is 18.3. The van der Waals surface area contributed by atoms with E-state index in [0.717, 1.165) is 6.26 Å². The maximum Gasteiger partial charge on any atom is 0.232 e. The molecule has 0 bridgehead atoms. The molecule has 7 heteroatoms. The molecule has 1 N–H and O–H groups in total. The zero-order valence-electron chi connectivity index (χ0n) is 13.5. The van der Waals surface area contributed by atoms with Crippen LogP contribution in [0.3, 0.4) is 0 Å². The Labute approximate surface area is 132 Å². The van der Waals surface area contributed by atoms with Gasteiger partial charge in [-0.05, 0) is 31.2 Å². The minimum Gasteiger partial charge on any atom is -0.494 e. The normalized spacial score (nSPS) is 11.3. The fraction of sp³-hybridized carbons (Fsp3) is 0.533. The number of benzene rings is 1. The number of nitrogens with one attached hydrogen (secondary N) is 1. The number of sulfonamides is 1. The number of hydrogen-bond acceptors (Lipinski definition) is 4. The largest absolute Gasteiger partial charge is 0.494 e. The maximum absolute atomic E-state index is 11.9. The summed E-state index contributed by atoms with van der Waals surface area (Å²) >= 11 is 0. The van der Waals surface area contributed by atoms with Gasteiger partial charge in [0.1, 0.15) is 5.75 Å². The maximum atomic E-state index is 11.9. The fourth-order valence-corrected chi connectivity index (χ4v) is 2.77. The molecule has 0 aliphatic rings. The van der Waals surface area contributed by atoms with Crippen LogP contribution < -0.4 is 14.4 Å². The molecule has 0 aromatic heterocycles. The lowest BCUT2D eigenvalue weighted by molar-refractivity contribution is -0.123. The first-order chi connectivity index (χ1) is 10.3. The molecule has 6 nitrogen and oxygen atoms in total. The van der Waals surface area contributed by atoms with Crippen LogP contribution in [0.15, 0.2) is 24.3 Å². The van der Waals surface area contributed by atoms with E-state index in [4.69, 9.17) is 4.74 Å². The number of nitrogens with zero attached hydrogens (tertiary/aromatic N) is 1. The van der Waals surface area contributed by atoms with Gasteiger partial charge in [-0.15, -0.1) is 0 Å². The van der Waals surface area contributed by atoms with Crippen molar-refractivity contribution >= 4 is 21.6 Å². The summed E-state index contributed by atoms with van der Waals surface area (Å²) in [4.78, 5) is 11.5. The molecular formula is C15H24N2O4S. The van der Waals surface area contributed by atoms with Crippen molar-refractivity contribution in [3.8, 4) is 5.75 Å². The van der Waals surface area contributed by atoms with Crippen molar-refractivity contribution in [2.45, 2.75) is 20.8 Å². The van der Waals surface area contributed by atoms with E-state index in [9.17, 15) is 13.2 Å². The Bertz CT molecular complexity index is 582. The van der Waals surface area contributed by atoms with Gasteiger partial charge in [0.2, 0.25) is 15.9 Å². The summed E-state index contributed by atoms with van der Waals surface area (Å²) in [6, 6.07) is 6.83. The van der Waals surface area contributed by atoms with Crippen LogP contribution in [0.5, 0.6) is 5.75 Å². The summed E-state index contributed by atoms with van der Waals surface area (Å²) in [5.74, 6) is 0.463. The average molecular weight is 328 g/mol. The van der Waals surface area contributed by atoms with Crippen molar-refractivity contribution in [2.24, 2.45) is 5.92 Å². The van der Waals surface area contributed by atoms with Crippen molar-refractivity contribution in [3.05, 3.63) is 24.3 Å². The van der Waals surface area contributed by atoms with Gasteiger partial charge in [-0.1, -0.05) is 13.8 Å². The van der Waals surface area contributed by atoms with Crippen molar-refractivity contribution < 1.29 is 17.9 Å². The van der Waals surface area contributed by atoms with Gasteiger partial charge in [0.25, 0.3) is 0 Å². The van der Waals surface area contributed by atoms with E-state index in [1.165, 1.54) is 4.31 Å². The van der Waals surface area contributed by atoms with Gasteiger partial charge in [-0.3, -0.25) is 9.10 Å². The van der Waals surface area contributed by atoms with E-state index in [0.29, 0.717) is 18.0 Å². The highest BCUT2D eigenvalue weighted by Crippen LogP contribution is 2.21. The Morgan fingerprint density at radius 1 is 1.27 bits per heavy atom. The zero-order chi connectivity index (χ0) is 16.8. The van der Waals surface area contributed by atoms with Crippen LogP contribution in [0, 0.1) is 5.92 Å². The molecule has 0 unspecified atom stereocenters. The van der Waals surface area contributed by atoms with Crippen molar-refractivity contribution in [2.75, 3.05) is 30.3 Å². The monoisotopic (exact) mass is 328 g/mol. The number of carbonyl (C=O) groups excluding carboxylic acids is 1. The first-order valence-corrected chi connectivity index (χ1v) is 9.08. The molecule has 0 aliphatic carbocycles. The van der Waals surface area contributed by atoms with Crippen molar-refractivity contribution in [1.82, 2.24) is 5.32 Å². The highest BCUT2D eigenvalue weighted by atomic mass is 32.2. The highest BCUT2D eigenvalue weighted by molar-refractivity contribution is 7.92. The lowest BCUT2D eigenvalue weighted by Gasteiger charge is -2.23. The molecule has 0 radical (unpaired) electrons. The quantitative estimate of drug-likeness (QED) is 0.787. The highest BCUT2D eigenvalue weighted by Gasteiger charge is 2.17. The molecule has 1 rings (SSSR count). The second kappa shape index (κ2) is 8.03. The molecular weight excluding hydrogens is 304 g/mol. The number of carbonyl (C=O) groups is 1. The van der Waals surface area contributed by atoms with Gasteiger partial charge in [-0.2, -0.15) is 0 Å². The van der Waals surface area contributed by atoms with E-state index in [1.807, 2.05) is 6.92 Å². The SMILES string of the molecule is CCOc1ccc(N(CCNC(=O)C(C)C)S(C)(=O)=O)cc1. The molecule has 0 fully saturated rings. The van der Waals surface area contributed by atoms with E-state index >= 15 is 0 Å². The second-order valence-corrected chi connectivity index (χ2v) is 7.11. The van der Waals surface area contributed by atoms with Gasteiger partial charge < -0.3 is 10.1 Å². The molecule has 0 aliphatic heterocycles. The molecule has 1 amide bonds. The third-order valence-corrected chi connectivity index (χ3v) is 4.17. The smallest absolute Gasteiger partial charge is 0.232 e. The summed E-state index contributed by atoms with van der Waals surface area (Å²) in [7, 11) is -3.42. The minimum atomic E-state index is -3.42. The van der Waals surface area contributed by atoms with Gasteiger partial charge in [0.15, 0.2) is 0 Å². The first-order valence-electron chi connectivity index (χ1n) is 7.24. The van der Waals surface area contributed by atoms with Crippen molar-refractivity contribution in [1.29, 1.82) is 0 Å². The number of anilines is 1. The molecule has 0 saturated carbocycles. The Balaban J connectivity index is 2.79. The minimum absolute atomic E-state index is 0.0971. The number of amides is 1. The van der Waals surface area contributed by atoms with Crippen LogP contribution in [0.1, 0.15) is 20.8 Å². The van der Waals surface area contributed by atoms with E-state index in [-0.39, 0.29) is 24.9 Å². The Kier molecular flexibility index (Phi) is 6.67. The third-order valence-electron chi connectivity index (χ3n) is 2.97. The summed E-state index contributed by atoms with van der Waals surface area (Å²) in [6.07, 6.45) is 1.15. The van der Waals surface area contributed by atoms with E-state index < -0.39 is 10.0 Å². The van der Waals surface area contributed by atoms with E-state index in [2.05, 4.69) is 5.32 Å². The molecule has 22 heavy (non-hydrogen) atoms. The van der Waals surface area contributed by atoms with Crippen LogP contribution in [0.4, 0.5) is 5.69 Å². The summed E-state index contributed by atoms with van der Waals surface area (Å²) in [5.41, 5.74) is 0.546. The fourth-order valence-electron chi connectivity index (χ4n) is 1.85. The zero-order valence-corrected chi connectivity index (χ0v) is 14.3. The molecule has 0 spiro atoms. The lowest BCUT2D eigenvalue weighted by Crippen LogP contribution is -2.39. The molecule has 0 heterocycles. The Morgan fingerprint density at radius 3 is 2.32 bits per heavy atom. The number of ether oxygens (including phenoxy) is 1. The summed E-state index contributed by atoms with van der Waals surface area (Å²) in [6.45, 7) is 6.46. The predicted octanol–water partition coefficient (Wildman–Crippen LogP) is 1.62. The van der Waals surface area contributed by atoms with Crippen LogP contribution in [0.25, 0.3) is 0 Å². The summed E-state index contributed by atoms with van der Waals surface area (Å²) < 4.78 is 30.5. The molecule has 0 atom stereocenters. The second-order valence-electron chi connectivity index (χ2n) is 5.21. The van der Waals surface area contributed by atoms with Gasteiger partial charge >= 0.3 is 0 Å². The Hall–Kier alpha value is -1.76. The lowest BCUT2D eigenvalue weighted by atomic mass is 10.2. The van der Waals surface area contributed by atoms with Crippen LogP contribution in [0.2, 0.25) is 0 Å². The molecule has 0 saturated heterocycles. The number of hydrogen-bond donors (Lipinski definition) is 1. The molecule has 1 aromatic rings. The summed E-state index contributed by atoms with van der Waals surface area (Å²) in [5, 5.41) is 2.72. The Morgan fingerprint density at radius 2 is 1.86 bits per heavy atom. The van der Waals surface area contributed by atoms with Gasteiger partial charge in [0, 0.05) is 12.5 Å². The van der Waals surface area contributed by atoms with Gasteiger partial charge in [-0.25, -0.2) is 8.42 Å². The molecule has 1 aromatic carbocycles. The van der Waals surface area contributed by atoms with Crippen LogP contribution in [-0.2, 0) is 14.8 Å². The average Bonchev–Trinajstić information content (AvgIpc) is 2.43. The topological polar surface area (TPSA) is 75.7 Å². The predicted molar refractivity (Wildman–Crippen MR) is 87.6 cm³/mol. The standard InChI is InChI=1S/C15H24N2O4S/c1-5-21-14-8-6-13(7-9-14)17(22(4,19)20)11-10-16-15(18)12(2)3/h6-9,12H,5,10-11H2,1-4H3,(H,16,18). The molecule has 124 valence electrons. The van der Waals surface area contributed by atoms with Crippen LogP contribution in [-0.4, -0.2) is 40.3 Å². The van der Waals surface area contributed by atoms with Crippen molar-refractivity contribution in [3.63, 3.8) is 0 Å².